The Morgan fingerprint density at radius 1 is 1.09 bits per heavy atom. The van der Waals surface area contributed by atoms with E-state index in [0.29, 0.717) is 22.0 Å². The molecule has 1 radical (unpaired) electrons. The Hall–Kier alpha value is -1.73. The number of amides is 1. The Labute approximate surface area is 228 Å². The van der Waals surface area contributed by atoms with Crippen LogP contribution in [0, 0.1) is 6.54 Å². The molecule has 0 bridgehead atoms. The van der Waals surface area contributed by atoms with Crippen molar-refractivity contribution < 1.29 is 37.5 Å². The number of aromatic nitrogens is 2. The van der Waals surface area contributed by atoms with E-state index in [1.807, 2.05) is 24.3 Å². The summed E-state index contributed by atoms with van der Waals surface area (Å²) in [6.07, 6.45) is 4.53. The first-order chi connectivity index (χ1) is 15.5. The van der Waals surface area contributed by atoms with E-state index in [4.69, 9.17) is 23.2 Å². The van der Waals surface area contributed by atoms with Crippen molar-refractivity contribution in [1.82, 2.24) is 15.1 Å². The predicted octanol–water partition coefficient (Wildman–Crippen LogP) is 4.49. The van der Waals surface area contributed by atoms with E-state index in [9.17, 15) is 9.59 Å². The molecule has 0 atom stereocenters. The molecule has 0 saturated carbocycles. The second-order valence-electron chi connectivity index (χ2n) is 7.70. The summed E-state index contributed by atoms with van der Waals surface area (Å²) in [7, 11) is 1.66. The van der Waals surface area contributed by atoms with E-state index in [0.717, 1.165) is 42.7 Å². The zero-order chi connectivity index (χ0) is 22.7. The molecule has 1 aromatic heterocycles. The molecule has 33 heavy (non-hydrogen) atoms. The number of anilines is 1. The molecule has 9 heteroatoms. The smallest absolute Gasteiger partial charge is 0.276 e. The molecule has 6 nitrogen and oxygen atoms in total. The van der Waals surface area contributed by atoms with Crippen molar-refractivity contribution >= 4 is 34.8 Å². The van der Waals surface area contributed by atoms with Crippen LogP contribution in [0.3, 0.4) is 0 Å². The van der Waals surface area contributed by atoms with Gasteiger partial charge in [0, 0.05) is 52.8 Å². The molecular weight excluding hydrogens is 536 g/mol. The summed E-state index contributed by atoms with van der Waals surface area (Å²) in [5.74, 6) is -0.354. The van der Waals surface area contributed by atoms with Crippen LogP contribution < -0.4 is 15.8 Å². The van der Waals surface area contributed by atoms with Crippen LogP contribution in [0.2, 0.25) is 10.0 Å². The first-order valence-electron chi connectivity index (χ1n) is 10.4. The normalized spacial score (nSPS) is 13.0. The van der Waals surface area contributed by atoms with Gasteiger partial charge in [0.25, 0.3) is 5.56 Å². The van der Waals surface area contributed by atoms with Gasteiger partial charge in [0.1, 0.15) is 0 Å². The molecule has 2 heterocycles. The fourth-order valence-corrected chi connectivity index (χ4v) is 4.42. The number of aryl methyl sites for hydroxylation is 1. The van der Waals surface area contributed by atoms with Crippen molar-refractivity contribution in [2.75, 3.05) is 18.0 Å². The van der Waals surface area contributed by atoms with Gasteiger partial charge in [-0.1, -0.05) is 59.1 Å². The minimum atomic E-state index is -0.354. The van der Waals surface area contributed by atoms with E-state index in [2.05, 4.69) is 15.3 Å². The topological polar surface area (TPSA) is 67.2 Å². The van der Waals surface area contributed by atoms with Crippen molar-refractivity contribution in [3.63, 3.8) is 0 Å². The number of nitrogens with zero attached hydrogens (tertiary/aromatic N) is 3. The zero-order valence-corrected chi connectivity index (χ0v) is 22.6. The van der Waals surface area contributed by atoms with Gasteiger partial charge in [-0.25, -0.2) is 11.2 Å². The molecular formula is C24H23Cl2N4O2Y-. The van der Waals surface area contributed by atoms with Crippen molar-refractivity contribution in [2.45, 2.75) is 19.3 Å². The van der Waals surface area contributed by atoms with Gasteiger partial charge in [-0.15, -0.1) is 6.42 Å². The van der Waals surface area contributed by atoms with Crippen molar-refractivity contribution in [3.05, 3.63) is 86.7 Å². The van der Waals surface area contributed by atoms with Gasteiger partial charge in [-0.3, -0.25) is 9.59 Å². The molecule has 1 aliphatic heterocycles. The summed E-state index contributed by atoms with van der Waals surface area (Å²) in [5, 5.41) is 7.57. The molecule has 0 spiro atoms. The standard InChI is InChI=1S/C24H23Cl2N4O2.Y/c1-29-24(32)21(20(15-28-29)30-13-2-3-14-30)17-9-7-16(8-10-17)11-12-27-23(31)22-18(25)5-4-6-19(22)26;/h4-10,12,15H,2-3,11,13-14H2,1H3,(H,27,31);/q-1;. The number of nitrogens with one attached hydrogen (secondary N) is 1. The van der Waals surface area contributed by atoms with Gasteiger partial charge in [0.2, 0.25) is 5.91 Å². The molecule has 1 fully saturated rings. The maximum Gasteiger partial charge on any atom is 0.276 e. The Balaban J connectivity index is 0.00000306. The van der Waals surface area contributed by atoms with Gasteiger partial charge >= 0.3 is 0 Å². The number of carbonyl (C=O) groups is 1. The maximum absolute atomic E-state index is 12.9. The zero-order valence-electron chi connectivity index (χ0n) is 18.2. The summed E-state index contributed by atoms with van der Waals surface area (Å²) >= 11 is 12.2. The third-order valence-corrected chi connectivity index (χ3v) is 6.20. The van der Waals surface area contributed by atoms with Gasteiger partial charge < -0.3 is 10.2 Å². The Kier molecular flexibility index (Phi) is 9.11. The first-order valence-corrected chi connectivity index (χ1v) is 11.2. The molecule has 169 valence electrons. The molecule has 1 N–H and O–H groups in total. The van der Waals surface area contributed by atoms with Crippen molar-refractivity contribution in [1.29, 1.82) is 0 Å². The monoisotopic (exact) mass is 558 g/mol. The average molecular weight is 559 g/mol. The Morgan fingerprint density at radius 2 is 1.73 bits per heavy atom. The summed E-state index contributed by atoms with van der Waals surface area (Å²) in [6.45, 7) is 3.53. The van der Waals surface area contributed by atoms with Crippen LogP contribution in [0.5, 0.6) is 0 Å². The molecule has 3 aromatic rings. The van der Waals surface area contributed by atoms with Gasteiger partial charge in [-0.2, -0.15) is 5.10 Å². The molecule has 4 rings (SSSR count). The number of hydrogen-bond donors (Lipinski definition) is 1. The second-order valence-corrected chi connectivity index (χ2v) is 8.52. The van der Waals surface area contributed by atoms with E-state index < -0.39 is 0 Å². The summed E-state index contributed by atoms with van der Waals surface area (Å²) in [5.41, 5.74) is 3.54. The van der Waals surface area contributed by atoms with E-state index >= 15 is 0 Å². The third kappa shape index (κ3) is 5.86. The Bertz CT molecular complexity index is 1170. The second kappa shape index (κ2) is 11.6. The first kappa shape index (κ1) is 25.9. The minimum absolute atomic E-state index is 0. The fourth-order valence-electron chi connectivity index (χ4n) is 3.85. The van der Waals surface area contributed by atoms with E-state index in [1.165, 1.54) is 4.68 Å². The van der Waals surface area contributed by atoms with Gasteiger partial charge in [0.05, 0.1) is 33.1 Å². The molecule has 0 unspecified atom stereocenters. The SMILES string of the molecule is Cn1ncc(N2CCCC2)c(-c2ccc(C[CH-]NC(=O)c3c(Cl)cccc3Cl)cc2)c1=O.[Y]. The summed E-state index contributed by atoms with van der Waals surface area (Å²) < 4.78 is 1.37. The van der Waals surface area contributed by atoms with Crippen LogP contribution >= 0.6 is 23.2 Å². The van der Waals surface area contributed by atoms with E-state index in [1.54, 1.807) is 38.0 Å². The van der Waals surface area contributed by atoms with Gasteiger partial charge in [-0.05, 0) is 30.5 Å². The molecule has 0 aliphatic carbocycles. The molecule has 1 saturated heterocycles. The third-order valence-electron chi connectivity index (χ3n) is 5.57. The number of benzene rings is 2. The molecule has 2 aromatic carbocycles. The predicted molar refractivity (Wildman–Crippen MR) is 128 cm³/mol. The van der Waals surface area contributed by atoms with E-state index in [-0.39, 0.29) is 49.7 Å². The molecule has 1 aliphatic rings. The minimum Gasteiger partial charge on any atom is -0.501 e. The number of carbonyl (C=O) groups excluding carboxylic acids is 1. The molecule has 1 amide bonds. The summed E-state index contributed by atoms with van der Waals surface area (Å²) in [4.78, 5) is 27.5. The van der Waals surface area contributed by atoms with Crippen LogP contribution in [-0.4, -0.2) is 28.8 Å². The van der Waals surface area contributed by atoms with Crippen LogP contribution in [0.25, 0.3) is 11.1 Å². The summed E-state index contributed by atoms with van der Waals surface area (Å²) in [6, 6.07) is 12.7. The van der Waals surface area contributed by atoms with Gasteiger partial charge in [0.15, 0.2) is 0 Å². The Morgan fingerprint density at radius 3 is 2.36 bits per heavy atom. The largest absolute Gasteiger partial charge is 0.501 e. The van der Waals surface area contributed by atoms with Crippen LogP contribution in [-0.2, 0) is 46.2 Å². The van der Waals surface area contributed by atoms with Crippen LogP contribution in [0.1, 0.15) is 28.8 Å². The number of rotatable bonds is 6. The van der Waals surface area contributed by atoms with Crippen molar-refractivity contribution in [3.8, 4) is 11.1 Å². The number of hydrogen-bond acceptors (Lipinski definition) is 4. The van der Waals surface area contributed by atoms with Crippen LogP contribution in [0.4, 0.5) is 5.69 Å². The fraction of sp³-hybridized carbons (Fsp3) is 0.250. The van der Waals surface area contributed by atoms with Crippen molar-refractivity contribution in [2.24, 2.45) is 7.05 Å². The van der Waals surface area contributed by atoms with Crippen LogP contribution in [0.15, 0.2) is 53.5 Å². The average Bonchev–Trinajstić information content (AvgIpc) is 3.31. The number of halogens is 2. The quantitative estimate of drug-likeness (QED) is 0.453. The maximum atomic E-state index is 12.9.